The summed E-state index contributed by atoms with van der Waals surface area (Å²) in [5.74, 6) is 0.396. The Morgan fingerprint density at radius 3 is 2.58 bits per heavy atom. The van der Waals surface area contributed by atoms with Gasteiger partial charge in [0, 0.05) is 19.0 Å². The van der Waals surface area contributed by atoms with E-state index in [1.165, 1.54) is 12.8 Å². The van der Waals surface area contributed by atoms with Crippen LogP contribution in [-0.4, -0.2) is 23.0 Å². The molecule has 106 valence electrons. The molecule has 0 aromatic heterocycles. The third-order valence-electron chi connectivity index (χ3n) is 3.61. The van der Waals surface area contributed by atoms with Gasteiger partial charge in [0.25, 0.3) is 0 Å². The van der Waals surface area contributed by atoms with Crippen LogP contribution in [0.5, 0.6) is 5.75 Å². The number of amides is 1. The lowest BCUT2D eigenvalue weighted by molar-refractivity contribution is -0.131. The molecule has 0 radical (unpaired) electrons. The van der Waals surface area contributed by atoms with Crippen LogP contribution in [0.2, 0.25) is 0 Å². The molecule has 0 aliphatic carbocycles. The van der Waals surface area contributed by atoms with Gasteiger partial charge in [0.15, 0.2) is 0 Å². The monoisotopic (exact) mass is 263 g/mol. The zero-order chi connectivity index (χ0) is 14.3. The molecule has 1 amide bonds. The highest BCUT2D eigenvalue weighted by atomic mass is 16.3. The minimum absolute atomic E-state index is 0.0973. The summed E-state index contributed by atoms with van der Waals surface area (Å²) in [5, 5.41) is 9.82. The van der Waals surface area contributed by atoms with Crippen molar-refractivity contribution in [3.63, 3.8) is 0 Å². The van der Waals surface area contributed by atoms with Gasteiger partial charge in [0.1, 0.15) is 5.75 Å². The van der Waals surface area contributed by atoms with E-state index >= 15 is 0 Å². The number of hydrogen-bond acceptors (Lipinski definition) is 2. The second-order valence-corrected chi connectivity index (χ2v) is 5.05. The van der Waals surface area contributed by atoms with Crippen molar-refractivity contribution in [2.24, 2.45) is 0 Å². The first kappa shape index (κ1) is 15.5. The van der Waals surface area contributed by atoms with E-state index in [1.807, 2.05) is 19.1 Å². The van der Waals surface area contributed by atoms with Gasteiger partial charge in [-0.1, -0.05) is 44.4 Å². The molecule has 0 aliphatic heterocycles. The van der Waals surface area contributed by atoms with Crippen LogP contribution < -0.4 is 0 Å². The van der Waals surface area contributed by atoms with Gasteiger partial charge in [0.05, 0.1) is 6.04 Å². The lowest BCUT2D eigenvalue weighted by atomic mass is 10.1. The Labute approximate surface area is 116 Å². The molecule has 0 aliphatic rings. The molecule has 0 bridgehead atoms. The van der Waals surface area contributed by atoms with Gasteiger partial charge in [-0.25, -0.2) is 0 Å². The first-order valence-electron chi connectivity index (χ1n) is 7.11. The maximum Gasteiger partial charge on any atom is 0.222 e. The van der Waals surface area contributed by atoms with Gasteiger partial charge >= 0.3 is 0 Å². The summed E-state index contributed by atoms with van der Waals surface area (Å²) in [4.78, 5) is 13.8. The van der Waals surface area contributed by atoms with Gasteiger partial charge in [-0.3, -0.25) is 4.79 Å². The average Bonchev–Trinajstić information content (AvgIpc) is 2.42. The zero-order valence-electron chi connectivity index (χ0n) is 12.2. The van der Waals surface area contributed by atoms with Crippen molar-refractivity contribution in [2.75, 3.05) is 7.05 Å². The molecule has 3 heteroatoms. The molecule has 1 rings (SSSR count). The summed E-state index contributed by atoms with van der Waals surface area (Å²) < 4.78 is 0. The summed E-state index contributed by atoms with van der Waals surface area (Å²) in [6.45, 7) is 4.10. The van der Waals surface area contributed by atoms with E-state index in [4.69, 9.17) is 0 Å². The van der Waals surface area contributed by atoms with Gasteiger partial charge < -0.3 is 10.0 Å². The molecular weight excluding hydrogens is 238 g/mol. The molecule has 0 saturated heterocycles. The smallest absolute Gasteiger partial charge is 0.222 e. The Morgan fingerprint density at radius 1 is 1.26 bits per heavy atom. The number of carbonyl (C=O) groups excluding carboxylic acids is 1. The van der Waals surface area contributed by atoms with E-state index < -0.39 is 0 Å². The van der Waals surface area contributed by atoms with Crippen LogP contribution in [0.25, 0.3) is 0 Å². The number of benzene rings is 1. The molecule has 1 unspecified atom stereocenters. The molecule has 1 N–H and O–H groups in total. The predicted octanol–water partition coefficient (Wildman–Crippen LogP) is 3.88. The summed E-state index contributed by atoms with van der Waals surface area (Å²) in [6.07, 6.45) is 5.02. The summed E-state index contributed by atoms with van der Waals surface area (Å²) in [6, 6.07) is 7.09. The maximum absolute atomic E-state index is 12.1. The van der Waals surface area contributed by atoms with Crippen LogP contribution in [-0.2, 0) is 4.79 Å². The molecule has 3 nitrogen and oxygen atoms in total. The molecular formula is C16H25NO2. The number of phenols is 1. The number of carbonyl (C=O) groups is 1. The molecule has 0 heterocycles. The number of unbranched alkanes of at least 4 members (excludes halogenated alkanes) is 3. The number of hydrogen-bond donors (Lipinski definition) is 1. The van der Waals surface area contributed by atoms with E-state index in [0.29, 0.717) is 6.42 Å². The third-order valence-corrected chi connectivity index (χ3v) is 3.61. The second kappa shape index (κ2) is 7.82. The van der Waals surface area contributed by atoms with E-state index in [9.17, 15) is 9.90 Å². The van der Waals surface area contributed by atoms with Crippen molar-refractivity contribution in [3.05, 3.63) is 29.8 Å². The molecule has 1 aromatic rings. The van der Waals surface area contributed by atoms with Crippen molar-refractivity contribution >= 4 is 5.91 Å². The van der Waals surface area contributed by atoms with Crippen LogP contribution in [0, 0.1) is 0 Å². The van der Waals surface area contributed by atoms with Crippen LogP contribution in [0.1, 0.15) is 57.6 Å². The Morgan fingerprint density at radius 2 is 1.95 bits per heavy atom. The van der Waals surface area contributed by atoms with Gasteiger partial charge in [-0.2, -0.15) is 0 Å². The number of aromatic hydroxyl groups is 1. The highest BCUT2D eigenvalue weighted by Crippen LogP contribution is 2.27. The number of nitrogens with zero attached hydrogens (tertiary/aromatic N) is 1. The summed E-state index contributed by atoms with van der Waals surface area (Å²) >= 11 is 0. The fourth-order valence-corrected chi connectivity index (χ4v) is 2.14. The van der Waals surface area contributed by atoms with Crippen molar-refractivity contribution < 1.29 is 9.90 Å². The Balaban J connectivity index is 2.54. The van der Waals surface area contributed by atoms with Crippen molar-refractivity contribution in [3.8, 4) is 5.75 Å². The molecule has 0 fully saturated rings. The highest BCUT2D eigenvalue weighted by Gasteiger charge is 2.18. The SMILES string of the molecule is CCCCCCC(=O)N(C)C(C)c1ccccc1O. The van der Waals surface area contributed by atoms with Gasteiger partial charge in [-0.15, -0.1) is 0 Å². The number of para-hydroxylation sites is 1. The second-order valence-electron chi connectivity index (χ2n) is 5.05. The van der Waals surface area contributed by atoms with Crippen molar-refractivity contribution in [2.45, 2.75) is 52.0 Å². The first-order valence-corrected chi connectivity index (χ1v) is 7.11. The fraction of sp³-hybridized carbons (Fsp3) is 0.562. The topological polar surface area (TPSA) is 40.5 Å². The largest absolute Gasteiger partial charge is 0.508 e. The normalized spacial score (nSPS) is 12.2. The van der Waals surface area contributed by atoms with Crippen molar-refractivity contribution in [1.82, 2.24) is 4.90 Å². The Bertz CT molecular complexity index is 403. The lowest BCUT2D eigenvalue weighted by Crippen LogP contribution is -2.29. The van der Waals surface area contributed by atoms with Crippen molar-refractivity contribution in [1.29, 1.82) is 0 Å². The van der Waals surface area contributed by atoms with E-state index in [2.05, 4.69) is 6.92 Å². The minimum atomic E-state index is -0.0973. The van der Waals surface area contributed by atoms with Crippen LogP contribution >= 0.6 is 0 Å². The van der Waals surface area contributed by atoms with E-state index in [1.54, 1.807) is 24.1 Å². The standard InChI is InChI=1S/C16H25NO2/c1-4-5-6-7-12-16(19)17(3)13(2)14-10-8-9-11-15(14)18/h8-11,13,18H,4-7,12H2,1-3H3. The molecule has 1 atom stereocenters. The minimum Gasteiger partial charge on any atom is -0.508 e. The van der Waals surface area contributed by atoms with Crippen LogP contribution in [0.3, 0.4) is 0 Å². The van der Waals surface area contributed by atoms with Crippen LogP contribution in [0.4, 0.5) is 0 Å². The maximum atomic E-state index is 12.1. The predicted molar refractivity (Wildman–Crippen MR) is 78.1 cm³/mol. The highest BCUT2D eigenvalue weighted by molar-refractivity contribution is 5.76. The average molecular weight is 263 g/mol. The van der Waals surface area contributed by atoms with Gasteiger partial charge in [0.2, 0.25) is 5.91 Å². The molecule has 0 spiro atoms. The van der Waals surface area contributed by atoms with E-state index in [0.717, 1.165) is 18.4 Å². The Kier molecular flexibility index (Phi) is 6.40. The zero-order valence-corrected chi connectivity index (χ0v) is 12.2. The lowest BCUT2D eigenvalue weighted by Gasteiger charge is -2.26. The first-order chi connectivity index (χ1) is 9.07. The van der Waals surface area contributed by atoms with Gasteiger partial charge in [-0.05, 0) is 19.4 Å². The quantitative estimate of drug-likeness (QED) is 0.758. The Hall–Kier alpha value is -1.51. The number of phenolic OH excluding ortho intramolecular Hbond substituents is 1. The molecule has 1 aromatic carbocycles. The summed E-state index contributed by atoms with van der Waals surface area (Å²) in [5.41, 5.74) is 0.798. The van der Waals surface area contributed by atoms with Crippen LogP contribution in [0.15, 0.2) is 24.3 Å². The van der Waals surface area contributed by atoms with E-state index in [-0.39, 0.29) is 17.7 Å². The molecule has 0 saturated carbocycles. The molecule has 19 heavy (non-hydrogen) atoms. The summed E-state index contributed by atoms with van der Waals surface area (Å²) in [7, 11) is 1.80. The third kappa shape index (κ3) is 4.58. The number of rotatable bonds is 7. The fourth-order valence-electron chi connectivity index (χ4n) is 2.14.